The van der Waals surface area contributed by atoms with Crippen LogP contribution in [0.3, 0.4) is 0 Å². The fraction of sp³-hybridized carbons (Fsp3) is 0.176. The van der Waals surface area contributed by atoms with Gasteiger partial charge in [0.05, 0.1) is 6.61 Å². The summed E-state index contributed by atoms with van der Waals surface area (Å²) in [7, 11) is 0. The van der Waals surface area contributed by atoms with Gasteiger partial charge < -0.3 is 5.11 Å². The second-order valence-electron chi connectivity index (χ2n) is 9.60. The molecule has 0 aliphatic carbocycles. The van der Waals surface area contributed by atoms with Gasteiger partial charge in [-0.1, -0.05) is 97.1 Å². The Morgan fingerprint density at radius 3 is 1.47 bits per heavy atom. The molecule has 0 aromatic heterocycles. The van der Waals surface area contributed by atoms with E-state index in [1.165, 1.54) is 54.3 Å². The molecule has 190 valence electrons. The number of benzene rings is 4. The Morgan fingerprint density at radius 1 is 0.579 bits per heavy atom. The van der Waals surface area contributed by atoms with Crippen LogP contribution < -0.4 is 0 Å². The summed E-state index contributed by atoms with van der Waals surface area (Å²) in [4.78, 5) is 5.00. The zero-order valence-corrected chi connectivity index (χ0v) is 23.0. The van der Waals surface area contributed by atoms with Crippen LogP contribution in [0.15, 0.2) is 119 Å². The Labute approximate surface area is 234 Å². The number of aliphatic hydroxyl groups is 1. The molecule has 2 heterocycles. The lowest BCUT2D eigenvalue weighted by Crippen LogP contribution is -2.27. The normalized spacial score (nSPS) is 16.4. The molecule has 0 spiro atoms. The standard InChI is InChI=1S/C34H31NOS2/c36-22-21-35(19-17-29-27-11-3-1-9-25(27)23-37-33-15-7-5-13-31(29)33)20-18-30-28-12-4-2-10-26(28)24-38-34-16-8-6-14-32(30)34/h1-18,36H,19-24H2/b29-17-,30-18-. The largest absolute Gasteiger partial charge is 0.395 e. The van der Waals surface area contributed by atoms with Gasteiger partial charge in [0, 0.05) is 40.9 Å². The maximum absolute atomic E-state index is 9.94. The molecule has 2 aliphatic rings. The second kappa shape index (κ2) is 11.8. The zero-order valence-electron chi connectivity index (χ0n) is 21.3. The third-order valence-electron chi connectivity index (χ3n) is 7.26. The van der Waals surface area contributed by atoms with Crippen LogP contribution in [0.25, 0.3) is 11.1 Å². The SMILES string of the molecule is OCCN(C/C=C1/c2ccccc2CSc2ccccc21)C/C=C1/c2ccccc2CSc2ccccc21. The van der Waals surface area contributed by atoms with E-state index < -0.39 is 0 Å². The molecule has 0 unspecified atom stereocenters. The van der Waals surface area contributed by atoms with Crippen molar-refractivity contribution in [2.24, 2.45) is 0 Å². The third-order valence-corrected chi connectivity index (χ3v) is 9.50. The van der Waals surface area contributed by atoms with Gasteiger partial charge in [0.1, 0.15) is 0 Å². The molecule has 1 N–H and O–H groups in total. The summed E-state index contributed by atoms with van der Waals surface area (Å²) in [6.45, 7) is 2.30. The molecule has 0 radical (unpaired) electrons. The van der Waals surface area contributed by atoms with E-state index in [-0.39, 0.29) is 6.61 Å². The van der Waals surface area contributed by atoms with Crippen LogP contribution in [-0.2, 0) is 11.5 Å². The molecule has 0 fully saturated rings. The topological polar surface area (TPSA) is 23.5 Å². The predicted octanol–water partition coefficient (Wildman–Crippen LogP) is 7.76. The molecule has 0 saturated heterocycles. The highest BCUT2D eigenvalue weighted by Crippen LogP contribution is 2.41. The fourth-order valence-electron chi connectivity index (χ4n) is 5.33. The van der Waals surface area contributed by atoms with Crippen LogP contribution in [0.2, 0.25) is 0 Å². The van der Waals surface area contributed by atoms with Crippen molar-refractivity contribution in [2.75, 3.05) is 26.2 Å². The van der Waals surface area contributed by atoms with Crippen molar-refractivity contribution in [1.82, 2.24) is 4.90 Å². The molecule has 4 aromatic carbocycles. The van der Waals surface area contributed by atoms with Gasteiger partial charge in [-0.15, -0.1) is 23.5 Å². The van der Waals surface area contributed by atoms with Gasteiger partial charge >= 0.3 is 0 Å². The lowest BCUT2D eigenvalue weighted by atomic mass is 9.93. The Hall–Kier alpha value is -3.02. The highest BCUT2D eigenvalue weighted by Gasteiger charge is 2.20. The molecule has 2 aliphatic heterocycles. The van der Waals surface area contributed by atoms with Gasteiger partial charge in [0.2, 0.25) is 0 Å². The first-order valence-electron chi connectivity index (χ1n) is 13.2. The van der Waals surface area contributed by atoms with Crippen LogP contribution in [-0.4, -0.2) is 36.2 Å². The quantitative estimate of drug-likeness (QED) is 0.274. The first-order chi connectivity index (χ1) is 18.8. The first-order valence-corrected chi connectivity index (χ1v) is 15.1. The lowest BCUT2D eigenvalue weighted by Gasteiger charge is -2.21. The van der Waals surface area contributed by atoms with Crippen molar-refractivity contribution in [2.45, 2.75) is 21.3 Å². The van der Waals surface area contributed by atoms with Crippen molar-refractivity contribution in [3.8, 4) is 0 Å². The van der Waals surface area contributed by atoms with Gasteiger partial charge in [-0.25, -0.2) is 0 Å². The Bertz CT molecular complexity index is 1300. The van der Waals surface area contributed by atoms with Crippen LogP contribution in [0.5, 0.6) is 0 Å². The van der Waals surface area contributed by atoms with Crippen LogP contribution in [0.1, 0.15) is 33.4 Å². The molecular weight excluding hydrogens is 503 g/mol. The van der Waals surface area contributed by atoms with E-state index >= 15 is 0 Å². The van der Waals surface area contributed by atoms with E-state index in [4.69, 9.17) is 0 Å². The van der Waals surface area contributed by atoms with Gasteiger partial charge in [0.25, 0.3) is 0 Å². The molecule has 2 nitrogen and oxygen atoms in total. The monoisotopic (exact) mass is 533 g/mol. The van der Waals surface area contributed by atoms with Crippen molar-refractivity contribution in [1.29, 1.82) is 0 Å². The van der Waals surface area contributed by atoms with Gasteiger partial charge in [-0.3, -0.25) is 4.90 Å². The van der Waals surface area contributed by atoms with Gasteiger partial charge in [-0.2, -0.15) is 0 Å². The highest BCUT2D eigenvalue weighted by molar-refractivity contribution is 7.98. The Morgan fingerprint density at radius 2 is 1.00 bits per heavy atom. The fourth-order valence-corrected chi connectivity index (χ4v) is 7.47. The molecule has 4 aromatic rings. The van der Waals surface area contributed by atoms with Gasteiger partial charge in [-0.05, 0) is 56.7 Å². The minimum atomic E-state index is 0.137. The van der Waals surface area contributed by atoms with Crippen LogP contribution >= 0.6 is 23.5 Å². The van der Waals surface area contributed by atoms with Crippen molar-refractivity contribution >= 4 is 34.7 Å². The molecule has 0 atom stereocenters. The zero-order chi connectivity index (χ0) is 25.7. The average molecular weight is 534 g/mol. The smallest absolute Gasteiger partial charge is 0.0558 e. The van der Waals surface area contributed by atoms with E-state index in [2.05, 4.69) is 114 Å². The molecule has 0 amide bonds. The molecule has 0 saturated carbocycles. The number of hydrogen-bond donors (Lipinski definition) is 1. The van der Waals surface area contributed by atoms with Crippen LogP contribution in [0.4, 0.5) is 0 Å². The van der Waals surface area contributed by atoms with E-state index in [0.717, 1.165) is 24.6 Å². The maximum atomic E-state index is 9.94. The average Bonchev–Trinajstić information content (AvgIpc) is 3.23. The lowest BCUT2D eigenvalue weighted by molar-refractivity contribution is 0.220. The highest BCUT2D eigenvalue weighted by atomic mass is 32.2. The van der Waals surface area contributed by atoms with E-state index in [1.807, 2.05) is 23.5 Å². The summed E-state index contributed by atoms with van der Waals surface area (Å²) in [6, 6.07) is 35.0. The molecule has 4 heteroatoms. The maximum Gasteiger partial charge on any atom is 0.0558 e. The minimum absolute atomic E-state index is 0.137. The molecular formula is C34H31NOS2. The van der Waals surface area contributed by atoms with Gasteiger partial charge in [0.15, 0.2) is 0 Å². The van der Waals surface area contributed by atoms with Crippen molar-refractivity contribution in [3.63, 3.8) is 0 Å². The Kier molecular flexibility index (Phi) is 7.84. The summed E-state index contributed by atoms with van der Waals surface area (Å²) >= 11 is 3.83. The summed E-state index contributed by atoms with van der Waals surface area (Å²) in [6.07, 6.45) is 4.73. The molecule has 38 heavy (non-hydrogen) atoms. The predicted molar refractivity (Wildman–Crippen MR) is 163 cm³/mol. The molecule has 0 bridgehead atoms. The second-order valence-corrected chi connectivity index (χ2v) is 11.6. The number of nitrogens with zero attached hydrogens (tertiary/aromatic N) is 1. The Balaban J connectivity index is 1.35. The molecule has 6 rings (SSSR count). The van der Waals surface area contributed by atoms with E-state index in [1.54, 1.807) is 0 Å². The summed E-state index contributed by atoms with van der Waals surface area (Å²) in [5.41, 5.74) is 10.6. The number of rotatable bonds is 6. The first kappa shape index (κ1) is 25.3. The van der Waals surface area contributed by atoms with Crippen LogP contribution in [0, 0.1) is 0 Å². The number of thioether (sulfide) groups is 2. The summed E-state index contributed by atoms with van der Waals surface area (Å²) in [5, 5.41) is 9.94. The minimum Gasteiger partial charge on any atom is -0.395 e. The van der Waals surface area contributed by atoms with Crippen molar-refractivity contribution < 1.29 is 5.11 Å². The summed E-state index contributed by atoms with van der Waals surface area (Å²) in [5.74, 6) is 1.96. The number of hydrogen-bond acceptors (Lipinski definition) is 4. The summed E-state index contributed by atoms with van der Waals surface area (Å²) < 4.78 is 0. The number of aliphatic hydroxyl groups excluding tert-OH is 1. The number of fused-ring (bicyclic) bond motifs is 4. The van der Waals surface area contributed by atoms with E-state index in [9.17, 15) is 5.11 Å². The van der Waals surface area contributed by atoms with E-state index in [0.29, 0.717) is 6.54 Å². The van der Waals surface area contributed by atoms with Crippen molar-refractivity contribution in [3.05, 3.63) is 143 Å². The third kappa shape index (κ3) is 5.27.